The first-order chi connectivity index (χ1) is 16.7. The molecular formula is C26H17FN4OS2. The van der Waals surface area contributed by atoms with E-state index in [4.69, 9.17) is 4.99 Å². The van der Waals surface area contributed by atoms with Gasteiger partial charge in [0.2, 0.25) is 0 Å². The number of para-hydroxylation sites is 1. The number of halogens is 1. The molecule has 0 fully saturated rings. The number of hydrogen-bond acceptors (Lipinski definition) is 6. The molecule has 3 aromatic carbocycles. The topological polar surface area (TPSA) is 74.2 Å². The Labute approximate surface area is 203 Å². The summed E-state index contributed by atoms with van der Waals surface area (Å²) in [4.78, 5) is 9.20. The molecule has 34 heavy (non-hydrogen) atoms. The molecule has 0 bridgehead atoms. The Morgan fingerprint density at radius 3 is 2.24 bits per heavy atom. The zero-order chi connectivity index (χ0) is 23.5. The van der Waals surface area contributed by atoms with E-state index in [0.29, 0.717) is 32.2 Å². The maximum atomic E-state index is 13.4. The molecule has 0 aliphatic rings. The van der Waals surface area contributed by atoms with Crippen molar-refractivity contribution in [1.82, 2.24) is 8.96 Å². The highest BCUT2D eigenvalue weighted by atomic mass is 32.2. The number of aliphatic hydroxyl groups excluding tert-OH is 1. The van der Waals surface area contributed by atoms with E-state index < -0.39 is 6.10 Å². The van der Waals surface area contributed by atoms with Crippen LogP contribution in [0.4, 0.5) is 8.89 Å². The lowest BCUT2D eigenvalue weighted by Crippen LogP contribution is -2.02. The molecule has 166 valence electrons. The van der Waals surface area contributed by atoms with Crippen molar-refractivity contribution in [2.75, 3.05) is 0 Å². The summed E-state index contributed by atoms with van der Waals surface area (Å²) in [5.41, 5.74) is 3.79. The zero-order valence-electron chi connectivity index (χ0n) is 17.7. The summed E-state index contributed by atoms with van der Waals surface area (Å²) in [6.07, 6.45) is 0.423. The maximum Gasteiger partial charge on any atom is 0.177 e. The van der Waals surface area contributed by atoms with Crippen LogP contribution in [0.2, 0.25) is 0 Å². The standard InChI is InChI=1S/C26H17FN4OS2/c27-34-31-16-20(19-13-7-8-14-22(19)31)24(32)26-29-21(15-28)25(33-26)30-23(17-9-3-1-4-10-17)18-11-5-2-6-12-18/h1-14,16,24,32H. The zero-order valence-corrected chi connectivity index (χ0v) is 19.3. The minimum absolute atomic E-state index is 0.0626. The molecule has 0 radical (unpaired) electrons. The number of rotatable bonds is 6. The molecule has 5 aromatic rings. The Morgan fingerprint density at radius 1 is 1.00 bits per heavy atom. The van der Waals surface area contributed by atoms with Crippen LogP contribution in [0.5, 0.6) is 0 Å². The molecule has 0 aliphatic carbocycles. The number of aliphatic imine (C=N–C) groups is 1. The summed E-state index contributed by atoms with van der Waals surface area (Å²) in [7, 11) is 0. The highest BCUT2D eigenvalue weighted by molar-refractivity contribution is 7.92. The van der Waals surface area contributed by atoms with Crippen molar-refractivity contribution < 1.29 is 8.99 Å². The van der Waals surface area contributed by atoms with Gasteiger partial charge in [-0.05, 0) is 6.07 Å². The molecule has 0 aliphatic heterocycles. The van der Waals surface area contributed by atoms with Gasteiger partial charge in [-0.2, -0.15) is 5.26 Å². The number of thiazole rings is 1. The summed E-state index contributed by atoms with van der Waals surface area (Å²) >= 11 is 1.21. The highest BCUT2D eigenvalue weighted by Gasteiger charge is 2.23. The normalized spacial score (nSPS) is 11.8. The minimum atomic E-state index is -1.13. The van der Waals surface area contributed by atoms with E-state index in [1.807, 2.05) is 78.9 Å². The van der Waals surface area contributed by atoms with Crippen molar-refractivity contribution in [3.63, 3.8) is 0 Å². The molecule has 1 N–H and O–H groups in total. The van der Waals surface area contributed by atoms with Crippen molar-refractivity contribution in [2.45, 2.75) is 6.10 Å². The number of aliphatic hydroxyl groups is 1. The Hall–Kier alpha value is -3.77. The SMILES string of the molecule is N#Cc1nc(C(O)c2cn(SF)c3ccccc23)sc1N=C(c1ccccc1)c1ccccc1. The fourth-order valence-corrected chi connectivity index (χ4v) is 5.05. The van der Waals surface area contributed by atoms with Crippen LogP contribution in [0.15, 0.2) is 96.1 Å². The predicted octanol–water partition coefficient (Wildman–Crippen LogP) is 6.60. The molecule has 0 saturated carbocycles. The Kier molecular flexibility index (Phi) is 6.23. The molecular weight excluding hydrogens is 467 g/mol. The second-order valence-electron chi connectivity index (χ2n) is 7.41. The largest absolute Gasteiger partial charge is 0.381 e. The van der Waals surface area contributed by atoms with Gasteiger partial charge >= 0.3 is 0 Å². The van der Waals surface area contributed by atoms with Crippen molar-refractivity contribution in [2.24, 2.45) is 4.99 Å². The Balaban J connectivity index is 1.61. The van der Waals surface area contributed by atoms with Gasteiger partial charge < -0.3 is 5.11 Å². The van der Waals surface area contributed by atoms with E-state index in [1.165, 1.54) is 3.97 Å². The van der Waals surface area contributed by atoms with Gasteiger partial charge in [-0.15, -0.1) is 3.89 Å². The van der Waals surface area contributed by atoms with Crippen LogP contribution in [0, 0.1) is 11.3 Å². The van der Waals surface area contributed by atoms with E-state index in [-0.39, 0.29) is 18.0 Å². The minimum Gasteiger partial charge on any atom is -0.381 e. The van der Waals surface area contributed by atoms with E-state index in [1.54, 1.807) is 12.3 Å². The van der Waals surface area contributed by atoms with Gasteiger partial charge in [-0.1, -0.05) is 90.2 Å². The second-order valence-corrected chi connectivity index (χ2v) is 8.95. The first kappa shape index (κ1) is 22.0. The van der Waals surface area contributed by atoms with Gasteiger partial charge in [0.1, 0.15) is 17.2 Å². The van der Waals surface area contributed by atoms with Crippen LogP contribution >= 0.6 is 23.7 Å². The van der Waals surface area contributed by atoms with Crippen molar-refractivity contribution in [1.29, 1.82) is 5.26 Å². The third kappa shape index (κ3) is 4.13. The molecule has 2 heterocycles. The molecule has 5 nitrogen and oxygen atoms in total. The van der Waals surface area contributed by atoms with Crippen molar-refractivity contribution >= 4 is 45.3 Å². The summed E-state index contributed by atoms with van der Waals surface area (Å²) in [6.45, 7) is 0. The van der Waals surface area contributed by atoms with Crippen molar-refractivity contribution in [3.8, 4) is 6.07 Å². The molecule has 5 rings (SSSR count). The fourth-order valence-electron chi connectivity index (χ4n) is 3.77. The average molecular weight is 485 g/mol. The lowest BCUT2D eigenvalue weighted by atomic mass is 10.0. The summed E-state index contributed by atoms with van der Waals surface area (Å²) < 4.78 is 14.8. The molecule has 0 saturated heterocycles. The molecule has 1 atom stereocenters. The summed E-state index contributed by atoms with van der Waals surface area (Å²) in [6, 6.07) is 28.7. The van der Waals surface area contributed by atoms with Gasteiger partial charge in [0, 0.05) is 28.3 Å². The number of nitrogens with zero attached hydrogens (tertiary/aromatic N) is 4. The van der Waals surface area contributed by atoms with Crippen LogP contribution in [0.25, 0.3) is 10.9 Å². The average Bonchev–Trinajstić information content (AvgIpc) is 3.49. The van der Waals surface area contributed by atoms with Crippen molar-refractivity contribution in [3.05, 3.63) is 119 Å². The number of nitriles is 1. The van der Waals surface area contributed by atoms with Gasteiger partial charge in [-0.3, -0.25) is 3.97 Å². The first-order valence-corrected chi connectivity index (χ1v) is 11.9. The number of hydrogen-bond donors (Lipinski definition) is 1. The molecule has 0 spiro atoms. The van der Waals surface area contributed by atoms with Crippen LogP contribution in [-0.2, 0) is 0 Å². The molecule has 8 heteroatoms. The molecule has 1 unspecified atom stereocenters. The molecule has 0 amide bonds. The van der Waals surface area contributed by atoms with Gasteiger partial charge in [-0.25, -0.2) is 9.98 Å². The number of benzene rings is 3. The predicted molar refractivity (Wildman–Crippen MR) is 135 cm³/mol. The summed E-state index contributed by atoms with van der Waals surface area (Å²) in [5.74, 6) is 0. The Bertz CT molecular complexity index is 1480. The maximum absolute atomic E-state index is 13.4. The quantitative estimate of drug-likeness (QED) is 0.276. The number of fused-ring (bicyclic) bond motifs is 1. The third-order valence-corrected chi connectivity index (χ3v) is 6.80. The van der Waals surface area contributed by atoms with E-state index in [2.05, 4.69) is 11.1 Å². The van der Waals surface area contributed by atoms with Crippen LogP contribution in [0.1, 0.15) is 33.5 Å². The smallest absolute Gasteiger partial charge is 0.177 e. The van der Waals surface area contributed by atoms with Crippen LogP contribution in [0.3, 0.4) is 0 Å². The van der Waals surface area contributed by atoms with Gasteiger partial charge in [0.25, 0.3) is 0 Å². The van der Waals surface area contributed by atoms with Gasteiger partial charge in [0.05, 0.1) is 11.2 Å². The fraction of sp³-hybridized carbons (Fsp3) is 0.0385. The van der Waals surface area contributed by atoms with Gasteiger partial charge in [0.15, 0.2) is 23.0 Å². The summed E-state index contributed by atoms with van der Waals surface area (Å²) in [5, 5.41) is 22.3. The lowest BCUT2D eigenvalue weighted by molar-refractivity contribution is 0.221. The first-order valence-electron chi connectivity index (χ1n) is 10.4. The Morgan fingerprint density at radius 2 is 1.62 bits per heavy atom. The lowest BCUT2D eigenvalue weighted by Gasteiger charge is -2.07. The van der Waals surface area contributed by atoms with E-state index in [0.717, 1.165) is 22.5 Å². The second kappa shape index (κ2) is 9.61. The van der Waals surface area contributed by atoms with Crippen LogP contribution < -0.4 is 0 Å². The monoisotopic (exact) mass is 484 g/mol. The number of aromatic nitrogens is 2. The van der Waals surface area contributed by atoms with E-state index in [9.17, 15) is 14.3 Å². The highest BCUT2D eigenvalue weighted by Crippen LogP contribution is 2.38. The molecule has 2 aromatic heterocycles. The third-order valence-electron chi connectivity index (χ3n) is 5.35. The van der Waals surface area contributed by atoms with E-state index >= 15 is 0 Å². The van der Waals surface area contributed by atoms with Crippen LogP contribution in [-0.4, -0.2) is 19.8 Å².